The molecule has 0 saturated carbocycles. The molecule has 0 radical (unpaired) electrons. The highest BCUT2D eigenvalue weighted by Crippen LogP contribution is 2.08. The van der Waals surface area contributed by atoms with Crippen LogP contribution in [-0.2, 0) is 9.53 Å². The van der Waals surface area contributed by atoms with Crippen molar-refractivity contribution in [3.63, 3.8) is 0 Å². The van der Waals surface area contributed by atoms with Crippen LogP contribution in [0.1, 0.15) is 6.92 Å². The minimum Gasteiger partial charge on any atom is -0.375 e. The van der Waals surface area contributed by atoms with Gasteiger partial charge in [0, 0.05) is 12.7 Å². The summed E-state index contributed by atoms with van der Waals surface area (Å²) in [6, 6.07) is 3.29. The molecule has 5 nitrogen and oxygen atoms in total. The normalized spacial score (nSPS) is 25.1. The zero-order valence-electron chi connectivity index (χ0n) is 9.14. The number of hydrogen-bond acceptors (Lipinski definition) is 4. The summed E-state index contributed by atoms with van der Waals surface area (Å²) in [6.07, 6.45) is 3.18. The summed E-state index contributed by atoms with van der Waals surface area (Å²) in [5, 5.41) is 5.93. The molecule has 1 saturated heterocycles. The van der Waals surface area contributed by atoms with Crippen LogP contribution >= 0.6 is 0 Å². The molecule has 0 aromatic carbocycles. The van der Waals surface area contributed by atoms with Crippen molar-refractivity contribution < 1.29 is 9.53 Å². The lowest BCUT2D eigenvalue weighted by molar-refractivity contribution is -0.123. The fourth-order valence-corrected chi connectivity index (χ4v) is 1.68. The molecule has 0 spiro atoms. The second-order valence-electron chi connectivity index (χ2n) is 3.74. The Morgan fingerprint density at radius 2 is 2.56 bits per heavy atom. The van der Waals surface area contributed by atoms with E-state index in [1.54, 1.807) is 24.5 Å². The Balaban J connectivity index is 1.97. The van der Waals surface area contributed by atoms with Gasteiger partial charge in [0.2, 0.25) is 5.91 Å². The van der Waals surface area contributed by atoms with E-state index in [4.69, 9.17) is 4.74 Å². The largest absolute Gasteiger partial charge is 0.375 e. The number of nitrogens with zero attached hydrogens (tertiary/aromatic N) is 1. The molecule has 86 valence electrons. The first kappa shape index (κ1) is 11.0. The molecular formula is C11H15N3O2. The molecule has 16 heavy (non-hydrogen) atoms. The van der Waals surface area contributed by atoms with Gasteiger partial charge in [-0.05, 0) is 19.1 Å². The molecule has 0 bridgehead atoms. The summed E-state index contributed by atoms with van der Waals surface area (Å²) in [6.45, 7) is 3.24. The minimum absolute atomic E-state index is 0.0831. The molecule has 5 heteroatoms. The highest BCUT2D eigenvalue weighted by atomic mass is 16.5. The lowest BCUT2D eigenvalue weighted by Crippen LogP contribution is -2.53. The van der Waals surface area contributed by atoms with E-state index in [0.717, 1.165) is 0 Å². The topological polar surface area (TPSA) is 63.2 Å². The summed E-state index contributed by atoms with van der Waals surface area (Å²) in [5.74, 6) is -0.0831. The van der Waals surface area contributed by atoms with Crippen LogP contribution < -0.4 is 10.6 Å². The number of pyridine rings is 1. The minimum atomic E-state index is -0.297. The number of morpholine rings is 1. The van der Waals surface area contributed by atoms with Gasteiger partial charge in [0.25, 0.3) is 0 Å². The van der Waals surface area contributed by atoms with Crippen molar-refractivity contribution >= 4 is 11.6 Å². The molecule has 0 aliphatic carbocycles. The van der Waals surface area contributed by atoms with E-state index < -0.39 is 0 Å². The summed E-state index contributed by atoms with van der Waals surface area (Å²) in [4.78, 5) is 15.8. The molecule has 1 aliphatic heterocycles. The molecule has 1 fully saturated rings. The Hall–Kier alpha value is -1.46. The van der Waals surface area contributed by atoms with Crippen LogP contribution in [0.4, 0.5) is 5.69 Å². The van der Waals surface area contributed by atoms with Crippen LogP contribution in [0.5, 0.6) is 0 Å². The third-order valence-corrected chi connectivity index (χ3v) is 2.53. The molecule has 1 aromatic heterocycles. The van der Waals surface area contributed by atoms with Gasteiger partial charge >= 0.3 is 0 Å². The molecular weight excluding hydrogens is 206 g/mol. The molecule has 2 heterocycles. The average Bonchev–Trinajstić information content (AvgIpc) is 2.31. The highest BCUT2D eigenvalue weighted by Gasteiger charge is 2.28. The Morgan fingerprint density at radius 3 is 3.25 bits per heavy atom. The van der Waals surface area contributed by atoms with Crippen molar-refractivity contribution in [2.24, 2.45) is 0 Å². The number of hydrogen-bond donors (Lipinski definition) is 2. The van der Waals surface area contributed by atoms with E-state index in [2.05, 4.69) is 15.6 Å². The van der Waals surface area contributed by atoms with Gasteiger partial charge in [-0.1, -0.05) is 0 Å². The lowest BCUT2D eigenvalue weighted by atomic mass is 10.1. The van der Waals surface area contributed by atoms with Crippen molar-refractivity contribution in [2.75, 3.05) is 18.5 Å². The number of anilines is 1. The number of aromatic nitrogens is 1. The maximum Gasteiger partial charge on any atom is 0.244 e. The van der Waals surface area contributed by atoms with Crippen LogP contribution in [0.25, 0.3) is 0 Å². The molecule has 2 N–H and O–H groups in total. The average molecular weight is 221 g/mol. The van der Waals surface area contributed by atoms with Gasteiger partial charge < -0.3 is 15.4 Å². The molecule has 0 unspecified atom stereocenters. The maximum absolute atomic E-state index is 11.9. The van der Waals surface area contributed by atoms with Crippen LogP contribution in [0, 0.1) is 0 Å². The fourth-order valence-electron chi connectivity index (χ4n) is 1.68. The second kappa shape index (κ2) is 5.05. The fraction of sp³-hybridized carbons (Fsp3) is 0.455. The third kappa shape index (κ3) is 2.56. The first-order valence-electron chi connectivity index (χ1n) is 5.33. The summed E-state index contributed by atoms with van der Waals surface area (Å²) >= 11 is 0. The van der Waals surface area contributed by atoms with Crippen LogP contribution in [0.2, 0.25) is 0 Å². The molecule has 2 rings (SSSR count). The molecule has 1 aliphatic rings. The first-order chi connectivity index (χ1) is 7.77. The van der Waals surface area contributed by atoms with Crippen LogP contribution in [0.15, 0.2) is 24.5 Å². The molecule has 1 aromatic rings. The van der Waals surface area contributed by atoms with E-state index >= 15 is 0 Å². The van der Waals surface area contributed by atoms with Gasteiger partial charge in [0.05, 0.1) is 24.6 Å². The van der Waals surface area contributed by atoms with Crippen molar-refractivity contribution in [3.05, 3.63) is 24.5 Å². The highest BCUT2D eigenvalue weighted by molar-refractivity contribution is 5.95. The zero-order valence-corrected chi connectivity index (χ0v) is 9.14. The van der Waals surface area contributed by atoms with Crippen molar-refractivity contribution in [1.82, 2.24) is 10.3 Å². The van der Waals surface area contributed by atoms with E-state index in [1.807, 2.05) is 6.92 Å². The van der Waals surface area contributed by atoms with E-state index in [1.165, 1.54) is 0 Å². The zero-order chi connectivity index (χ0) is 11.4. The standard InChI is InChI=1S/C11H15N3O2/c1-8-10(13-5-6-16-8)11(15)14-9-3-2-4-12-7-9/h2-4,7-8,10,13H,5-6H2,1H3,(H,14,15)/t8-,10+/m1/s1. The van der Waals surface area contributed by atoms with E-state index in [0.29, 0.717) is 18.8 Å². The number of amides is 1. The summed E-state index contributed by atoms with van der Waals surface area (Å²) in [5.41, 5.74) is 0.701. The molecule has 2 atom stereocenters. The number of carbonyl (C=O) groups excluding carboxylic acids is 1. The Bertz CT molecular complexity index is 356. The number of carbonyl (C=O) groups is 1. The van der Waals surface area contributed by atoms with Gasteiger partial charge in [-0.25, -0.2) is 0 Å². The van der Waals surface area contributed by atoms with Crippen molar-refractivity contribution in [3.8, 4) is 0 Å². The second-order valence-corrected chi connectivity index (χ2v) is 3.74. The van der Waals surface area contributed by atoms with Gasteiger partial charge in [-0.3, -0.25) is 9.78 Å². The van der Waals surface area contributed by atoms with Crippen molar-refractivity contribution in [1.29, 1.82) is 0 Å². The van der Waals surface area contributed by atoms with E-state index in [9.17, 15) is 4.79 Å². The number of nitrogens with one attached hydrogen (secondary N) is 2. The number of rotatable bonds is 2. The first-order valence-corrected chi connectivity index (χ1v) is 5.33. The lowest BCUT2D eigenvalue weighted by Gasteiger charge is -2.29. The molecule has 1 amide bonds. The third-order valence-electron chi connectivity index (χ3n) is 2.53. The predicted octanol–water partition coefficient (Wildman–Crippen LogP) is 0.397. The Morgan fingerprint density at radius 1 is 1.69 bits per heavy atom. The van der Waals surface area contributed by atoms with Gasteiger partial charge in [-0.15, -0.1) is 0 Å². The maximum atomic E-state index is 11.9. The van der Waals surface area contributed by atoms with Crippen LogP contribution in [-0.4, -0.2) is 36.2 Å². The van der Waals surface area contributed by atoms with Gasteiger partial charge in [0.15, 0.2) is 0 Å². The Kier molecular flexibility index (Phi) is 3.48. The predicted molar refractivity (Wildman–Crippen MR) is 60.1 cm³/mol. The smallest absolute Gasteiger partial charge is 0.244 e. The van der Waals surface area contributed by atoms with Gasteiger partial charge in [-0.2, -0.15) is 0 Å². The summed E-state index contributed by atoms with van der Waals surface area (Å²) in [7, 11) is 0. The Labute approximate surface area is 94.2 Å². The SMILES string of the molecule is C[C@H]1OCCN[C@@H]1C(=O)Nc1cccnc1. The van der Waals surface area contributed by atoms with Gasteiger partial charge in [0.1, 0.15) is 6.04 Å². The quantitative estimate of drug-likeness (QED) is 0.758. The van der Waals surface area contributed by atoms with E-state index in [-0.39, 0.29) is 18.1 Å². The summed E-state index contributed by atoms with van der Waals surface area (Å²) < 4.78 is 5.41. The van der Waals surface area contributed by atoms with Crippen LogP contribution in [0.3, 0.4) is 0 Å². The number of ether oxygens (including phenoxy) is 1. The van der Waals surface area contributed by atoms with Crippen molar-refractivity contribution in [2.45, 2.75) is 19.1 Å². The monoisotopic (exact) mass is 221 g/mol.